The van der Waals surface area contributed by atoms with Crippen LogP contribution in [0.2, 0.25) is 0 Å². The molecule has 0 spiro atoms. The van der Waals surface area contributed by atoms with Gasteiger partial charge in [0.25, 0.3) is 0 Å². The third kappa shape index (κ3) is 5.30. The van der Waals surface area contributed by atoms with Crippen LogP contribution in [0.25, 0.3) is 0 Å². The van der Waals surface area contributed by atoms with Gasteiger partial charge in [0, 0.05) is 16.5 Å². The number of aromatic nitrogens is 1. The fourth-order valence-corrected chi connectivity index (χ4v) is 8.26. The van der Waals surface area contributed by atoms with E-state index in [1.54, 1.807) is 36.4 Å². The zero-order valence-corrected chi connectivity index (χ0v) is 24.9. The standard InChI is InChI=1S/C31H24F3N3O5S2/c1-16-6-10-20(11-7-16)37-27(39)24-23(17-8-12-21(42-2)13-9-17)26-29(43-25(24)28(37)40)36(30(41)44-26)15-22(38)35-19-5-3-4-18(14-19)31(32,33)34/h3-14,23-25H,15H2,1-2H3,(H,35,38)/t23-,24?,25?/m1/s1. The number of carbonyl (C=O) groups is 3. The van der Waals surface area contributed by atoms with Gasteiger partial charge < -0.3 is 10.1 Å². The first kappa shape index (κ1) is 29.7. The molecule has 6 rings (SSSR count). The molecule has 4 aromatic rings. The van der Waals surface area contributed by atoms with E-state index < -0.39 is 58.0 Å². The molecule has 3 atom stereocenters. The number of halogens is 3. The number of nitrogens with zero attached hydrogens (tertiary/aromatic N) is 2. The van der Waals surface area contributed by atoms with Crippen LogP contribution in [0.1, 0.15) is 27.5 Å². The molecule has 1 aromatic heterocycles. The highest BCUT2D eigenvalue weighted by molar-refractivity contribution is 8.00. The molecule has 0 bridgehead atoms. The smallest absolute Gasteiger partial charge is 0.416 e. The van der Waals surface area contributed by atoms with Crippen molar-refractivity contribution in [3.63, 3.8) is 0 Å². The second-order valence-electron chi connectivity index (χ2n) is 10.4. The van der Waals surface area contributed by atoms with Crippen LogP contribution >= 0.6 is 23.1 Å². The fourth-order valence-electron chi connectivity index (χ4n) is 5.49. The number of fused-ring (bicyclic) bond motifs is 2. The van der Waals surface area contributed by atoms with Gasteiger partial charge in [-0.3, -0.25) is 23.7 Å². The topological polar surface area (TPSA) is 97.7 Å². The summed E-state index contributed by atoms with van der Waals surface area (Å²) in [5.74, 6) is -2.44. The largest absolute Gasteiger partial charge is 0.497 e. The van der Waals surface area contributed by atoms with E-state index in [0.717, 1.165) is 40.8 Å². The molecule has 226 valence electrons. The minimum Gasteiger partial charge on any atom is -0.497 e. The van der Waals surface area contributed by atoms with Crippen LogP contribution in [0.15, 0.2) is 82.6 Å². The molecule has 3 aromatic carbocycles. The fraction of sp³-hybridized carbons (Fsp3) is 0.226. The zero-order valence-electron chi connectivity index (χ0n) is 23.3. The Labute approximate surface area is 257 Å². The summed E-state index contributed by atoms with van der Waals surface area (Å²) in [6.07, 6.45) is -4.59. The quantitative estimate of drug-likeness (QED) is 0.273. The van der Waals surface area contributed by atoms with Gasteiger partial charge >= 0.3 is 11.0 Å². The number of anilines is 2. The number of carbonyl (C=O) groups excluding carboxylic acids is 3. The van der Waals surface area contributed by atoms with Crippen molar-refractivity contribution in [1.82, 2.24) is 4.57 Å². The molecule has 8 nitrogen and oxygen atoms in total. The Balaban J connectivity index is 1.38. The van der Waals surface area contributed by atoms with Crippen LogP contribution in [0.5, 0.6) is 5.75 Å². The molecule has 3 amide bonds. The van der Waals surface area contributed by atoms with Crippen molar-refractivity contribution in [2.75, 3.05) is 17.3 Å². The van der Waals surface area contributed by atoms with E-state index in [1.165, 1.54) is 28.7 Å². The Morgan fingerprint density at radius 2 is 1.68 bits per heavy atom. The van der Waals surface area contributed by atoms with E-state index in [1.807, 2.05) is 19.1 Å². The Bertz CT molecular complexity index is 1830. The highest BCUT2D eigenvalue weighted by atomic mass is 32.2. The van der Waals surface area contributed by atoms with Gasteiger partial charge in [-0.05, 0) is 55.0 Å². The summed E-state index contributed by atoms with van der Waals surface area (Å²) in [5, 5.41) is 1.92. The highest BCUT2D eigenvalue weighted by Crippen LogP contribution is 2.54. The average molecular weight is 640 g/mol. The van der Waals surface area contributed by atoms with E-state index in [2.05, 4.69) is 5.32 Å². The van der Waals surface area contributed by atoms with Crippen molar-refractivity contribution in [3.05, 3.63) is 104 Å². The summed E-state index contributed by atoms with van der Waals surface area (Å²) < 4.78 is 46.0. The summed E-state index contributed by atoms with van der Waals surface area (Å²) in [4.78, 5) is 55.3. The van der Waals surface area contributed by atoms with Gasteiger partial charge in [-0.2, -0.15) is 13.2 Å². The maximum Gasteiger partial charge on any atom is 0.416 e. The lowest BCUT2D eigenvalue weighted by atomic mass is 9.83. The number of benzene rings is 3. The molecule has 13 heteroatoms. The van der Waals surface area contributed by atoms with Crippen molar-refractivity contribution in [2.45, 2.75) is 35.8 Å². The number of imide groups is 1. The number of hydrogen-bond acceptors (Lipinski definition) is 7. The van der Waals surface area contributed by atoms with Crippen LogP contribution in [0.4, 0.5) is 24.5 Å². The number of thiazole rings is 1. The summed E-state index contributed by atoms with van der Waals surface area (Å²) in [6.45, 7) is 1.40. The Morgan fingerprint density at radius 3 is 2.34 bits per heavy atom. The van der Waals surface area contributed by atoms with E-state index in [0.29, 0.717) is 26.9 Å². The average Bonchev–Trinajstić information content (AvgIpc) is 3.43. The maximum absolute atomic E-state index is 14.0. The predicted octanol–water partition coefficient (Wildman–Crippen LogP) is 5.68. The zero-order chi connectivity index (χ0) is 31.3. The molecule has 2 aliphatic heterocycles. The number of alkyl halides is 3. The molecule has 3 heterocycles. The second kappa shape index (κ2) is 11.3. The van der Waals surface area contributed by atoms with Crippen LogP contribution in [0, 0.1) is 12.8 Å². The monoisotopic (exact) mass is 639 g/mol. The minimum absolute atomic E-state index is 0.0731. The molecule has 1 N–H and O–H groups in total. The first-order chi connectivity index (χ1) is 21.0. The van der Waals surface area contributed by atoms with Crippen molar-refractivity contribution >= 4 is 52.2 Å². The number of thioether (sulfide) groups is 1. The predicted molar refractivity (Wildman–Crippen MR) is 160 cm³/mol. The Hall–Kier alpha value is -4.36. The summed E-state index contributed by atoms with van der Waals surface area (Å²) in [7, 11) is 1.52. The maximum atomic E-state index is 14.0. The summed E-state index contributed by atoms with van der Waals surface area (Å²) in [6, 6.07) is 18.2. The molecule has 0 saturated carbocycles. The Kier molecular flexibility index (Phi) is 7.62. The van der Waals surface area contributed by atoms with Gasteiger partial charge in [0.15, 0.2) is 0 Å². The molecular weight excluding hydrogens is 615 g/mol. The molecule has 2 unspecified atom stereocenters. The number of ether oxygens (including phenoxy) is 1. The van der Waals surface area contributed by atoms with Crippen LogP contribution < -0.4 is 19.8 Å². The molecule has 2 aliphatic rings. The molecular formula is C31H24F3N3O5S2. The van der Waals surface area contributed by atoms with Crippen LogP contribution in [0.3, 0.4) is 0 Å². The molecule has 0 aliphatic carbocycles. The first-order valence-corrected chi connectivity index (χ1v) is 15.1. The van der Waals surface area contributed by atoms with Crippen molar-refractivity contribution < 1.29 is 32.3 Å². The summed E-state index contributed by atoms with van der Waals surface area (Å²) >= 11 is 1.94. The normalized spacial score (nSPS) is 19.5. The van der Waals surface area contributed by atoms with Gasteiger partial charge in [-0.25, -0.2) is 4.90 Å². The number of hydrogen-bond donors (Lipinski definition) is 1. The number of rotatable bonds is 6. The lowest BCUT2D eigenvalue weighted by molar-refractivity contribution is -0.137. The van der Waals surface area contributed by atoms with Crippen molar-refractivity contribution in [1.29, 1.82) is 0 Å². The van der Waals surface area contributed by atoms with Crippen LogP contribution in [-0.4, -0.2) is 34.6 Å². The van der Waals surface area contributed by atoms with Crippen LogP contribution in [-0.2, 0) is 27.1 Å². The van der Waals surface area contributed by atoms with Gasteiger partial charge in [0.2, 0.25) is 17.7 Å². The lowest BCUT2D eigenvalue weighted by Gasteiger charge is -2.30. The number of methoxy groups -OCH3 is 1. The van der Waals surface area contributed by atoms with E-state index in [4.69, 9.17) is 4.74 Å². The molecule has 1 fully saturated rings. The first-order valence-electron chi connectivity index (χ1n) is 13.4. The molecule has 0 radical (unpaired) electrons. The lowest BCUT2D eigenvalue weighted by Crippen LogP contribution is -2.33. The van der Waals surface area contributed by atoms with Crippen molar-refractivity contribution in [3.8, 4) is 5.75 Å². The van der Waals surface area contributed by atoms with E-state index in [-0.39, 0.29) is 5.69 Å². The highest BCUT2D eigenvalue weighted by Gasteiger charge is 2.56. The van der Waals surface area contributed by atoms with Gasteiger partial charge in [0.1, 0.15) is 17.5 Å². The molecule has 44 heavy (non-hydrogen) atoms. The second-order valence-corrected chi connectivity index (χ2v) is 12.5. The van der Waals surface area contributed by atoms with E-state index in [9.17, 15) is 32.3 Å². The van der Waals surface area contributed by atoms with E-state index >= 15 is 0 Å². The number of aryl methyl sites for hydroxylation is 1. The number of amides is 3. The molecule has 1 saturated heterocycles. The minimum atomic E-state index is -4.59. The van der Waals surface area contributed by atoms with Gasteiger partial charge in [-0.1, -0.05) is 59.0 Å². The third-order valence-corrected chi connectivity index (χ3v) is 10.2. The van der Waals surface area contributed by atoms with Gasteiger partial charge in [0.05, 0.1) is 29.3 Å². The number of nitrogens with one attached hydrogen (secondary N) is 1. The summed E-state index contributed by atoms with van der Waals surface area (Å²) in [5.41, 5.74) is 1.10. The third-order valence-electron chi connectivity index (χ3n) is 7.59. The van der Waals surface area contributed by atoms with Crippen molar-refractivity contribution in [2.24, 2.45) is 5.92 Å². The van der Waals surface area contributed by atoms with Gasteiger partial charge in [-0.15, -0.1) is 0 Å². The Morgan fingerprint density at radius 1 is 0.977 bits per heavy atom. The SMILES string of the molecule is COc1ccc([C@H]2c3sc(=O)n(CC(=O)Nc4cccc(C(F)(F)F)c4)c3SC3C(=O)N(c4ccc(C)cc4)C(=O)C32)cc1.